The average Bonchev–Trinajstić information content (AvgIpc) is 2.19. The number of aliphatic hydroxyl groups excluding tert-OH is 3. The van der Waals surface area contributed by atoms with Crippen LogP contribution in [-0.4, -0.2) is 58.9 Å². The van der Waals surface area contributed by atoms with Crippen LogP contribution >= 0.6 is 0 Å². The second-order valence-corrected chi connectivity index (χ2v) is 3.12. The van der Waals surface area contributed by atoms with Gasteiger partial charge in [0.2, 0.25) is 0 Å². The highest BCUT2D eigenvalue weighted by Gasteiger charge is 2.44. The van der Waals surface area contributed by atoms with Crippen LogP contribution in [0.4, 0.5) is 0 Å². The summed E-state index contributed by atoms with van der Waals surface area (Å²) in [6, 6.07) is -1.11. The maximum atomic E-state index is 11.1. The fraction of sp³-hybridized carbons (Fsp3) is 0.857. The number of aliphatic hydroxyl groups is 3. The van der Waals surface area contributed by atoms with Gasteiger partial charge in [0.25, 0.3) is 5.91 Å². The summed E-state index contributed by atoms with van der Waals surface area (Å²) in [5, 5.41) is 30.0. The number of carbonyl (C=O) groups excluding carboxylic acids is 1. The molecule has 1 heterocycles. The molecule has 2 unspecified atom stereocenters. The second kappa shape index (κ2) is 4.20. The maximum absolute atomic E-state index is 11.1. The van der Waals surface area contributed by atoms with E-state index in [1.807, 2.05) is 0 Å². The van der Waals surface area contributed by atoms with E-state index in [-0.39, 0.29) is 0 Å². The molecule has 0 aromatic carbocycles. The normalized spacial score (nSPS) is 43.4. The van der Waals surface area contributed by atoms with E-state index < -0.39 is 36.6 Å². The van der Waals surface area contributed by atoms with Gasteiger partial charge in [0.05, 0.1) is 6.04 Å². The molecule has 0 aromatic rings. The van der Waals surface area contributed by atoms with Gasteiger partial charge in [0, 0.05) is 7.05 Å². The Morgan fingerprint density at radius 3 is 2.43 bits per heavy atom. The van der Waals surface area contributed by atoms with Gasteiger partial charge in [-0.25, -0.2) is 0 Å². The van der Waals surface area contributed by atoms with E-state index >= 15 is 0 Å². The van der Waals surface area contributed by atoms with Crippen molar-refractivity contribution in [1.29, 1.82) is 0 Å². The van der Waals surface area contributed by atoms with E-state index in [4.69, 9.17) is 15.6 Å². The predicted molar refractivity (Wildman–Crippen MR) is 44.9 cm³/mol. The van der Waals surface area contributed by atoms with E-state index in [0.29, 0.717) is 0 Å². The number of amides is 1. The van der Waals surface area contributed by atoms with Crippen LogP contribution in [0.1, 0.15) is 0 Å². The van der Waals surface area contributed by atoms with Crippen molar-refractivity contribution in [2.45, 2.75) is 30.6 Å². The predicted octanol–water partition coefficient (Wildman–Crippen LogP) is -3.50. The first-order valence-corrected chi connectivity index (χ1v) is 4.16. The summed E-state index contributed by atoms with van der Waals surface area (Å²) in [6.45, 7) is 0. The van der Waals surface area contributed by atoms with Crippen LogP contribution in [-0.2, 0) is 9.53 Å². The number of ether oxygens (including phenoxy) is 1. The fourth-order valence-electron chi connectivity index (χ4n) is 1.26. The summed E-state index contributed by atoms with van der Waals surface area (Å²) in [7, 11) is 1.36. The Bertz CT molecular complexity index is 224. The van der Waals surface area contributed by atoms with Gasteiger partial charge < -0.3 is 31.1 Å². The molecular formula is C7H14N2O5. The van der Waals surface area contributed by atoms with Crippen LogP contribution in [0.25, 0.3) is 0 Å². The van der Waals surface area contributed by atoms with Gasteiger partial charge in [0.15, 0.2) is 12.4 Å². The van der Waals surface area contributed by atoms with Gasteiger partial charge in [-0.05, 0) is 0 Å². The van der Waals surface area contributed by atoms with Crippen molar-refractivity contribution in [2.75, 3.05) is 7.05 Å². The summed E-state index contributed by atoms with van der Waals surface area (Å²) >= 11 is 0. The van der Waals surface area contributed by atoms with Crippen LogP contribution in [0.3, 0.4) is 0 Å². The molecule has 1 rings (SSSR count). The fourth-order valence-corrected chi connectivity index (χ4v) is 1.26. The van der Waals surface area contributed by atoms with E-state index in [0.717, 1.165) is 0 Å². The quantitative estimate of drug-likeness (QED) is 0.303. The second-order valence-electron chi connectivity index (χ2n) is 3.12. The first kappa shape index (κ1) is 11.3. The zero-order valence-corrected chi connectivity index (χ0v) is 7.62. The molecule has 5 atom stereocenters. The van der Waals surface area contributed by atoms with Crippen molar-refractivity contribution in [3.8, 4) is 0 Å². The largest absolute Gasteiger partial charge is 0.388 e. The lowest BCUT2D eigenvalue weighted by molar-refractivity contribution is -0.247. The van der Waals surface area contributed by atoms with E-state index in [1.54, 1.807) is 0 Å². The van der Waals surface area contributed by atoms with E-state index in [9.17, 15) is 15.0 Å². The molecule has 1 amide bonds. The highest BCUT2D eigenvalue weighted by Crippen LogP contribution is 2.18. The van der Waals surface area contributed by atoms with E-state index in [1.165, 1.54) is 7.05 Å². The molecule has 0 bridgehead atoms. The third-order valence-corrected chi connectivity index (χ3v) is 2.18. The molecule has 7 nitrogen and oxygen atoms in total. The minimum absolute atomic E-state index is 0.598. The van der Waals surface area contributed by atoms with E-state index in [2.05, 4.69) is 5.32 Å². The number of hydrogen-bond acceptors (Lipinski definition) is 6. The zero-order chi connectivity index (χ0) is 10.9. The number of nitrogens with one attached hydrogen (secondary N) is 1. The first-order chi connectivity index (χ1) is 6.49. The van der Waals surface area contributed by atoms with Crippen LogP contribution in [0.15, 0.2) is 0 Å². The zero-order valence-electron chi connectivity index (χ0n) is 7.62. The minimum Gasteiger partial charge on any atom is -0.388 e. The number of hydrogen-bond donors (Lipinski definition) is 5. The molecule has 1 aliphatic heterocycles. The Balaban J connectivity index is 2.75. The van der Waals surface area contributed by atoms with Gasteiger partial charge in [-0.15, -0.1) is 0 Å². The van der Waals surface area contributed by atoms with Gasteiger partial charge in [-0.1, -0.05) is 0 Å². The van der Waals surface area contributed by atoms with Gasteiger partial charge in [0.1, 0.15) is 12.2 Å². The highest BCUT2D eigenvalue weighted by molar-refractivity contribution is 5.81. The van der Waals surface area contributed by atoms with Crippen LogP contribution < -0.4 is 11.1 Å². The van der Waals surface area contributed by atoms with Crippen molar-refractivity contribution in [3.05, 3.63) is 0 Å². The molecule has 0 aliphatic carbocycles. The molecule has 0 radical (unpaired) electrons. The van der Waals surface area contributed by atoms with Crippen molar-refractivity contribution in [2.24, 2.45) is 5.73 Å². The minimum atomic E-state index is -1.56. The van der Waals surface area contributed by atoms with Gasteiger partial charge in [-0.2, -0.15) is 0 Å². The molecule has 0 spiro atoms. The van der Waals surface area contributed by atoms with Gasteiger partial charge >= 0.3 is 0 Å². The topological polar surface area (TPSA) is 125 Å². The summed E-state index contributed by atoms with van der Waals surface area (Å²) in [5.74, 6) is -0.598. The number of nitrogens with two attached hydrogens (primary N) is 1. The SMILES string of the molecule is CNC(=O)C1O[C@@H](O)C(O)[C@@H](N)[C@@H]1O. The Kier molecular flexibility index (Phi) is 3.40. The third kappa shape index (κ3) is 1.86. The lowest BCUT2D eigenvalue weighted by Gasteiger charge is -2.37. The molecule has 1 saturated heterocycles. The summed E-state index contributed by atoms with van der Waals surface area (Å²) in [4.78, 5) is 11.1. The molecule has 7 heteroatoms. The molecule has 82 valence electrons. The Morgan fingerprint density at radius 1 is 1.36 bits per heavy atom. The maximum Gasteiger partial charge on any atom is 0.251 e. The lowest BCUT2D eigenvalue weighted by atomic mass is 9.96. The summed E-state index contributed by atoms with van der Waals surface area (Å²) in [5.41, 5.74) is 5.38. The van der Waals surface area contributed by atoms with Crippen molar-refractivity contribution < 1.29 is 24.9 Å². The van der Waals surface area contributed by atoms with Crippen molar-refractivity contribution in [1.82, 2.24) is 5.32 Å². The van der Waals surface area contributed by atoms with Crippen molar-refractivity contribution in [3.63, 3.8) is 0 Å². The Morgan fingerprint density at radius 2 is 1.93 bits per heavy atom. The van der Waals surface area contributed by atoms with Crippen LogP contribution in [0.2, 0.25) is 0 Å². The monoisotopic (exact) mass is 206 g/mol. The smallest absolute Gasteiger partial charge is 0.251 e. The van der Waals surface area contributed by atoms with Crippen LogP contribution in [0, 0.1) is 0 Å². The summed E-state index contributed by atoms with van der Waals surface area (Å²) in [6.07, 6.45) is -5.55. The molecular weight excluding hydrogens is 192 g/mol. The molecule has 6 N–H and O–H groups in total. The molecule has 1 aliphatic rings. The standard InChI is InChI=1S/C7H14N2O5/c1-9-6(12)5-3(10)2(8)4(11)7(13)14-5/h2-5,7,10-11,13H,8H2,1H3,(H,9,12)/t2-,3-,4?,5?,7+/m0/s1. The summed E-state index contributed by atoms with van der Waals surface area (Å²) < 4.78 is 4.70. The van der Waals surface area contributed by atoms with Crippen LogP contribution in [0.5, 0.6) is 0 Å². The molecule has 1 fully saturated rings. The Labute approximate surface area is 80.5 Å². The number of carbonyl (C=O) groups is 1. The lowest BCUT2D eigenvalue weighted by Crippen LogP contribution is -2.64. The number of rotatable bonds is 1. The van der Waals surface area contributed by atoms with Gasteiger partial charge in [-0.3, -0.25) is 4.79 Å². The highest BCUT2D eigenvalue weighted by atomic mass is 16.6. The first-order valence-electron chi connectivity index (χ1n) is 4.16. The Hall–Kier alpha value is -0.730. The number of likely N-dealkylation sites (N-methyl/N-ethyl adjacent to an activating group) is 1. The third-order valence-electron chi connectivity index (χ3n) is 2.18. The van der Waals surface area contributed by atoms with Crippen molar-refractivity contribution >= 4 is 5.91 Å². The molecule has 14 heavy (non-hydrogen) atoms. The molecule has 0 saturated carbocycles. The average molecular weight is 206 g/mol. The molecule has 0 aromatic heterocycles.